The summed E-state index contributed by atoms with van der Waals surface area (Å²) in [6.45, 7) is 2.07. The fourth-order valence-electron chi connectivity index (χ4n) is 2.81. The maximum atomic E-state index is 12.6. The molecular formula is C19H19Cl2NO2. The van der Waals surface area contributed by atoms with Gasteiger partial charge in [-0.1, -0.05) is 35.3 Å². The number of benzene rings is 2. The van der Waals surface area contributed by atoms with Gasteiger partial charge in [-0.05, 0) is 49.1 Å². The van der Waals surface area contributed by atoms with Gasteiger partial charge in [0.05, 0.1) is 10.0 Å². The molecule has 2 aromatic carbocycles. The maximum absolute atomic E-state index is 12.6. The fraction of sp³-hybridized carbons (Fsp3) is 0.316. The second kappa shape index (κ2) is 7.91. The SMILES string of the molecule is O=C(c1cccc(COc2ccc(Cl)c(Cl)c2)c1)N1CCCCC1. The number of halogens is 2. The Morgan fingerprint density at radius 1 is 1.00 bits per heavy atom. The van der Waals surface area contributed by atoms with Crippen molar-refractivity contribution in [3.63, 3.8) is 0 Å². The summed E-state index contributed by atoms with van der Waals surface area (Å²) in [7, 11) is 0. The number of hydrogen-bond acceptors (Lipinski definition) is 2. The van der Waals surface area contributed by atoms with Gasteiger partial charge in [0.2, 0.25) is 0 Å². The number of carbonyl (C=O) groups is 1. The summed E-state index contributed by atoms with van der Waals surface area (Å²) in [5, 5.41) is 0.960. The highest BCUT2D eigenvalue weighted by Gasteiger charge is 2.18. The van der Waals surface area contributed by atoms with E-state index in [0.717, 1.165) is 31.5 Å². The van der Waals surface area contributed by atoms with Crippen LogP contribution >= 0.6 is 23.2 Å². The van der Waals surface area contributed by atoms with Crippen molar-refractivity contribution in [2.24, 2.45) is 0 Å². The van der Waals surface area contributed by atoms with E-state index >= 15 is 0 Å². The summed E-state index contributed by atoms with van der Waals surface area (Å²) >= 11 is 11.9. The van der Waals surface area contributed by atoms with Gasteiger partial charge in [-0.2, -0.15) is 0 Å². The topological polar surface area (TPSA) is 29.5 Å². The lowest BCUT2D eigenvalue weighted by molar-refractivity contribution is 0.0724. The predicted octanol–water partition coefficient (Wildman–Crippen LogP) is 5.20. The van der Waals surface area contributed by atoms with Crippen molar-refractivity contribution in [3.8, 4) is 5.75 Å². The van der Waals surface area contributed by atoms with Gasteiger partial charge >= 0.3 is 0 Å². The van der Waals surface area contributed by atoms with Gasteiger partial charge < -0.3 is 9.64 Å². The molecule has 0 unspecified atom stereocenters. The highest BCUT2D eigenvalue weighted by molar-refractivity contribution is 6.42. The van der Waals surface area contributed by atoms with E-state index in [9.17, 15) is 4.79 Å². The molecule has 0 aromatic heterocycles. The third-order valence-corrected chi connectivity index (χ3v) is 4.85. The second-order valence-corrected chi connectivity index (χ2v) is 6.73. The monoisotopic (exact) mass is 363 g/mol. The molecule has 1 amide bonds. The normalized spacial score (nSPS) is 14.5. The quantitative estimate of drug-likeness (QED) is 0.746. The molecule has 1 heterocycles. The second-order valence-electron chi connectivity index (χ2n) is 5.92. The Bertz CT molecular complexity index is 727. The van der Waals surface area contributed by atoms with Crippen LogP contribution in [-0.4, -0.2) is 23.9 Å². The Labute approximate surface area is 152 Å². The summed E-state index contributed by atoms with van der Waals surface area (Å²) in [4.78, 5) is 14.5. The Morgan fingerprint density at radius 3 is 2.54 bits per heavy atom. The number of ether oxygens (including phenoxy) is 1. The summed E-state index contributed by atoms with van der Waals surface area (Å²) in [5.41, 5.74) is 1.66. The Balaban J connectivity index is 1.66. The molecule has 24 heavy (non-hydrogen) atoms. The third kappa shape index (κ3) is 4.22. The first kappa shape index (κ1) is 17.1. The minimum atomic E-state index is 0.103. The molecule has 0 radical (unpaired) electrons. The minimum Gasteiger partial charge on any atom is -0.489 e. The molecule has 0 aliphatic carbocycles. The van der Waals surface area contributed by atoms with E-state index in [0.29, 0.717) is 28.0 Å². The molecule has 1 aliphatic heterocycles. The van der Waals surface area contributed by atoms with Crippen LogP contribution in [0.2, 0.25) is 10.0 Å². The summed E-state index contributed by atoms with van der Waals surface area (Å²) < 4.78 is 5.74. The lowest BCUT2D eigenvalue weighted by Gasteiger charge is -2.26. The van der Waals surface area contributed by atoms with Gasteiger partial charge in [-0.25, -0.2) is 0 Å². The van der Waals surface area contributed by atoms with Crippen LogP contribution in [0.25, 0.3) is 0 Å². The van der Waals surface area contributed by atoms with Gasteiger partial charge in [0.25, 0.3) is 5.91 Å². The molecule has 0 N–H and O–H groups in total. The van der Waals surface area contributed by atoms with Crippen LogP contribution in [0.4, 0.5) is 0 Å². The van der Waals surface area contributed by atoms with Crippen LogP contribution < -0.4 is 4.74 Å². The average Bonchev–Trinajstić information content (AvgIpc) is 2.63. The van der Waals surface area contributed by atoms with Crippen molar-refractivity contribution in [2.75, 3.05) is 13.1 Å². The largest absolute Gasteiger partial charge is 0.489 e. The van der Waals surface area contributed by atoms with Crippen molar-refractivity contribution >= 4 is 29.1 Å². The molecule has 126 valence electrons. The lowest BCUT2D eigenvalue weighted by Crippen LogP contribution is -2.35. The van der Waals surface area contributed by atoms with E-state index in [2.05, 4.69) is 0 Å². The van der Waals surface area contributed by atoms with E-state index < -0.39 is 0 Å². The highest BCUT2D eigenvalue weighted by atomic mass is 35.5. The third-order valence-electron chi connectivity index (χ3n) is 4.11. The number of amides is 1. The van der Waals surface area contributed by atoms with Crippen LogP contribution in [0.1, 0.15) is 35.2 Å². The Hall–Kier alpha value is -1.71. The van der Waals surface area contributed by atoms with Crippen LogP contribution in [0.15, 0.2) is 42.5 Å². The molecule has 0 atom stereocenters. The Morgan fingerprint density at radius 2 is 1.79 bits per heavy atom. The fourth-order valence-corrected chi connectivity index (χ4v) is 3.10. The highest BCUT2D eigenvalue weighted by Crippen LogP contribution is 2.26. The molecule has 3 nitrogen and oxygen atoms in total. The van der Waals surface area contributed by atoms with Gasteiger partial charge in [0.1, 0.15) is 12.4 Å². The first-order valence-electron chi connectivity index (χ1n) is 8.09. The molecule has 2 aromatic rings. The number of rotatable bonds is 4. The van der Waals surface area contributed by atoms with E-state index in [4.69, 9.17) is 27.9 Å². The molecular weight excluding hydrogens is 345 g/mol. The summed E-state index contributed by atoms with van der Waals surface area (Å²) in [6.07, 6.45) is 3.39. The van der Waals surface area contributed by atoms with Crippen LogP contribution in [0.5, 0.6) is 5.75 Å². The molecule has 1 aliphatic rings. The van der Waals surface area contributed by atoms with Crippen molar-refractivity contribution in [1.29, 1.82) is 0 Å². The Kier molecular flexibility index (Phi) is 5.64. The summed E-state index contributed by atoms with van der Waals surface area (Å²) in [5.74, 6) is 0.753. The number of hydrogen-bond donors (Lipinski definition) is 0. The molecule has 1 fully saturated rings. The van der Waals surface area contributed by atoms with E-state index in [-0.39, 0.29) is 5.91 Å². The zero-order valence-corrected chi connectivity index (χ0v) is 14.8. The number of carbonyl (C=O) groups excluding carboxylic acids is 1. The van der Waals surface area contributed by atoms with Crippen LogP contribution in [-0.2, 0) is 6.61 Å². The molecule has 0 spiro atoms. The van der Waals surface area contributed by atoms with Gasteiger partial charge in [-0.15, -0.1) is 0 Å². The van der Waals surface area contributed by atoms with E-state index in [1.54, 1.807) is 18.2 Å². The smallest absolute Gasteiger partial charge is 0.253 e. The summed E-state index contributed by atoms with van der Waals surface area (Å²) in [6, 6.07) is 12.8. The molecule has 1 saturated heterocycles. The molecule has 5 heteroatoms. The van der Waals surface area contributed by atoms with Crippen molar-refractivity contribution in [2.45, 2.75) is 25.9 Å². The van der Waals surface area contributed by atoms with Crippen molar-refractivity contribution < 1.29 is 9.53 Å². The van der Waals surface area contributed by atoms with Crippen molar-refractivity contribution in [1.82, 2.24) is 4.90 Å². The zero-order valence-electron chi connectivity index (χ0n) is 13.3. The number of nitrogens with zero attached hydrogens (tertiary/aromatic N) is 1. The molecule has 3 rings (SSSR count). The van der Waals surface area contributed by atoms with E-state index in [1.807, 2.05) is 29.2 Å². The van der Waals surface area contributed by atoms with Gasteiger partial charge in [0, 0.05) is 24.7 Å². The maximum Gasteiger partial charge on any atom is 0.253 e. The first-order chi connectivity index (χ1) is 11.6. The van der Waals surface area contributed by atoms with Gasteiger partial charge in [0.15, 0.2) is 0 Å². The first-order valence-corrected chi connectivity index (χ1v) is 8.85. The van der Waals surface area contributed by atoms with Gasteiger partial charge in [-0.3, -0.25) is 4.79 Å². The van der Waals surface area contributed by atoms with Crippen LogP contribution in [0.3, 0.4) is 0 Å². The van der Waals surface area contributed by atoms with Crippen molar-refractivity contribution in [3.05, 3.63) is 63.6 Å². The lowest BCUT2D eigenvalue weighted by atomic mass is 10.1. The zero-order chi connectivity index (χ0) is 16.9. The molecule has 0 saturated carbocycles. The minimum absolute atomic E-state index is 0.103. The van der Waals surface area contributed by atoms with Crippen LogP contribution in [0, 0.1) is 0 Å². The number of piperidine rings is 1. The molecule has 0 bridgehead atoms. The predicted molar refractivity (Wildman–Crippen MR) is 97.0 cm³/mol. The number of likely N-dealkylation sites (tertiary alicyclic amines) is 1. The standard InChI is InChI=1S/C19H19Cl2NO2/c20-17-8-7-16(12-18(17)21)24-13-14-5-4-6-15(11-14)19(23)22-9-2-1-3-10-22/h4-8,11-12H,1-3,9-10,13H2. The average molecular weight is 364 g/mol. The van der Waals surface area contributed by atoms with E-state index in [1.165, 1.54) is 6.42 Å².